The Morgan fingerprint density at radius 1 is 1.77 bits per heavy atom. The molecule has 1 radical (unpaired) electrons. The van der Waals surface area contributed by atoms with Gasteiger partial charge in [0.15, 0.2) is 5.13 Å². The number of nitrogen functional groups attached to an aromatic ring is 1. The molecule has 8 heteroatoms. The zero-order chi connectivity index (χ0) is 9.84. The summed E-state index contributed by atoms with van der Waals surface area (Å²) in [7, 11) is 1.26. The predicted molar refractivity (Wildman–Crippen MR) is 46.0 cm³/mol. The maximum absolute atomic E-state index is 10.7. The molecule has 0 spiro atoms. The van der Waals surface area contributed by atoms with E-state index < -0.39 is 5.91 Å². The fraction of sp³-hybridized carbons (Fsp3) is 0.200. The number of carbonyl (C=O) groups excluding carboxylic acids is 1. The molecular weight excluding hydrogens is 194 g/mol. The Labute approximate surface area is 77.6 Å². The molecule has 7 nitrogen and oxygen atoms in total. The summed E-state index contributed by atoms with van der Waals surface area (Å²) in [6, 6.07) is 0. The van der Waals surface area contributed by atoms with E-state index in [0.717, 1.165) is 11.5 Å². The number of hydrogen-bond acceptors (Lipinski definition) is 7. The lowest BCUT2D eigenvalue weighted by Gasteiger charge is -1.93. The van der Waals surface area contributed by atoms with Crippen molar-refractivity contribution in [3.63, 3.8) is 0 Å². The van der Waals surface area contributed by atoms with Crippen molar-refractivity contribution < 1.29 is 9.63 Å². The van der Waals surface area contributed by atoms with E-state index >= 15 is 0 Å². The van der Waals surface area contributed by atoms with Crippen LogP contribution in [0.3, 0.4) is 0 Å². The molecule has 3 N–H and O–H groups in total. The van der Waals surface area contributed by atoms with Gasteiger partial charge in [-0.15, -0.1) is 0 Å². The molecule has 0 aliphatic heterocycles. The minimum Gasteiger partial charge on any atom is -0.398 e. The molecule has 0 aliphatic rings. The smallest absolute Gasteiger partial charge is 0.295 e. The highest BCUT2D eigenvalue weighted by molar-refractivity contribution is 7.09. The van der Waals surface area contributed by atoms with Gasteiger partial charge in [-0.25, -0.2) is 0 Å². The second kappa shape index (κ2) is 3.81. The molecule has 1 aromatic rings. The molecule has 1 amide bonds. The molecule has 0 atom stereocenters. The summed E-state index contributed by atoms with van der Waals surface area (Å²) in [5.41, 5.74) is 11.9. The van der Waals surface area contributed by atoms with Gasteiger partial charge in [-0.1, -0.05) is 5.16 Å². The Balaban J connectivity index is 3.02. The van der Waals surface area contributed by atoms with Crippen LogP contribution in [0.2, 0.25) is 0 Å². The van der Waals surface area contributed by atoms with Crippen LogP contribution in [0, 0.1) is 0 Å². The standard InChI is InChI=1S/C5H6N5O2S/c1-12-9-2(3(6)11)4-8-5(7)13-10-4/h6H,1H3,(H2,7,8,10)/b9-2-. The summed E-state index contributed by atoms with van der Waals surface area (Å²) in [6.45, 7) is 0. The second-order valence-electron chi connectivity index (χ2n) is 1.91. The average Bonchev–Trinajstić information content (AvgIpc) is 2.46. The van der Waals surface area contributed by atoms with Gasteiger partial charge < -0.3 is 10.6 Å². The van der Waals surface area contributed by atoms with Gasteiger partial charge >= 0.3 is 0 Å². The number of rotatable bonds is 3. The van der Waals surface area contributed by atoms with E-state index in [1.165, 1.54) is 7.11 Å². The molecule has 0 unspecified atom stereocenters. The summed E-state index contributed by atoms with van der Waals surface area (Å²) in [6.07, 6.45) is 0. The molecular formula is C5H6N5O2S. The van der Waals surface area contributed by atoms with Gasteiger partial charge in [0.2, 0.25) is 11.5 Å². The number of hydrogen-bond donors (Lipinski definition) is 1. The van der Waals surface area contributed by atoms with Crippen LogP contribution in [0.15, 0.2) is 5.16 Å². The van der Waals surface area contributed by atoms with E-state index in [-0.39, 0.29) is 16.7 Å². The largest absolute Gasteiger partial charge is 0.398 e. The van der Waals surface area contributed by atoms with Gasteiger partial charge in [-0.05, 0) is 0 Å². The predicted octanol–water partition coefficient (Wildman–Crippen LogP) is -0.720. The number of oxime groups is 1. The maximum atomic E-state index is 10.7. The van der Waals surface area contributed by atoms with Crippen molar-refractivity contribution in [1.82, 2.24) is 15.1 Å². The number of amides is 1. The lowest BCUT2D eigenvalue weighted by molar-refractivity contribution is -0.112. The Morgan fingerprint density at radius 3 is 2.85 bits per heavy atom. The number of nitrogens with one attached hydrogen (secondary N) is 1. The van der Waals surface area contributed by atoms with E-state index in [0.29, 0.717) is 0 Å². The number of aromatic nitrogens is 2. The third-order valence-corrected chi connectivity index (χ3v) is 1.59. The summed E-state index contributed by atoms with van der Waals surface area (Å²) in [5, 5.41) is 3.52. The van der Waals surface area contributed by atoms with Crippen LogP contribution in [0.5, 0.6) is 0 Å². The molecule has 0 aromatic carbocycles. The van der Waals surface area contributed by atoms with E-state index in [2.05, 4.69) is 19.4 Å². The normalized spacial score (nSPS) is 11.3. The molecule has 0 saturated heterocycles. The SMILES string of the molecule is CO/N=C(/C([NH])=O)c1nsc(N)n1. The minimum absolute atomic E-state index is 0.0179. The molecule has 13 heavy (non-hydrogen) atoms. The van der Waals surface area contributed by atoms with E-state index in [4.69, 9.17) is 11.5 Å². The van der Waals surface area contributed by atoms with Gasteiger partial charge in [-0.2, -0.15) is 9.36 Å². The zero-order valence-corrected chi connectivity index (χ0v) is 7.46. The van der Waals surface area contributed by atoms with Crippen LogP contribution >= 0.6 is 11.5 Å². The Morgan fingerprint density at radius 2 is 2.46 bits per heavy atom. The van der Waals surface area contributed by atoms with E-state index in [1.807, 2.05) is 0 Å². The van der Waals surface area contributed by atoms with Crippen LogP contribution in [0.1, 0.15) is 5.82 Å². The third-order valence-electron chi connectivity index (χ3n) is 1.05. The first-order valence-corrected chi connectivity index (χ1v) is 3.89. The van der Waals surface area contributed by atoms with E-state index in [1.54, 1.807) is 0 Å². The minimum atomic E-state index is -1.01. The average molecular weight is 200 g/mol. The molecule has 0 fully saturated rings. The van der Waals surface area contributed by atoms with Crippen LogP contribution in [-0.4, -0.2) is 28.1 Å². The van der Waals surface area contributed by atoms with Gasteiger partial charge in [0, 0.05) is 11.5 Å². The highest BCUT2D eigenvalue weighted by Crippen LogP contribution is 2.06. The Hall–Kier alpha value is -1.70. The van der Waals surface area contributed by atoms with Crippen molar-refractivity contribution in [3.8, 4) is 0 Å². The van der Waals surface area contributed by atoms with Crippen LogP contribution < -0.4 is 11.5 Å². The lowest BCUT2D eigenvalue weighted by Crippen LogP contribution is -2.18. The van der Waals surface area contributed by atoms with Crippen molar-refractivity contribution in [2.24, 2.45) is 5.16 Å². The fourth-order valence-corrected chi connectivity index (χ4v) is 1.04. The fourth-order valence-electron chi connectivity index (χ4n) is 0.606. The Kier molecular flexibility index (Phi) is 2.75. The summed E-state index contributed by atoms with van der Waals surface area (Å²) in [4.78, 5) is 18.7. The lowest BCUT2D eigenvalue weighted by atomic mass is 10.3. The van der Waals surface area contributed by atoms with Crippen molar-refractivity contribution in [1.29, 1.82) is 0 Å². The summed E-state index contributed by atoms with van der Waals surface area (Å²) in [5.74, 6) is -0.996. The molecule has 0 aliphatic carbocycles. The van der Waals surface area contributed by atoms with Crippen LogP contribution in [0.4, 0.5) is 5.13 Å². The van der Waals surface area contributed by atoms with Gasteiger partial charge in [0.25, 0.3) is 5.91 Å². The topological polar surface area (TPSA) is 114 Å². The number of anilines is 1. The molecule has 1 aromatic heterocycles. The van der Waals surface area contributed by atoms with Gasteiger partial charge in [0.05, 0.1) is 0 Å². The monoisotopic (exact) mass is 200 g/mol. The van der Waals surface area contributed by atoms with Crippen LogP contribution in [0.25, 0.3) is 0 Å². The quantitative estimate of drug-likeness (QED) is 0.510. The second-order valence-corrected chi connectivity index (χ2v) is 2.69. The number of carbonyl (C=O) groups is 1. The number of nitrogens with two attached hydrogens (primary N) is 1. The molecule has 69 valence electrons. The van der Waals surface area contributed by atoms with Crippen molar-refractivity contribution >= 4 is 28.3 Å². The summed E-state index contributed by atoms with van der Waals surface area (Å²) < 4.78 is 3.71. The first kappa shape index (κ1) is 9.39. The molecule has 1 heterocycles. The molecule has 0 saturated carbocycles. The van der Waals surface area contributed by atoms with Gasteiger partial charge in [-0.3, -0.25) is 10.5 Å². The summed E-state index contributed by atoms with van der Waals surface area (Å²) >= 11 is 0.921. The third kappa shape index (κ3) is 2.12. The van der Waals surface area contributed by atoms with Crippen molar-refractivity contribution in [3.05, 3.63) is 5.82 Å². The number of nitrogens with zero attached hydrogens (tertiary/aromatic N) is 3. The first-order valence-electron chi connectivity index (χ1n) is 3.11. The van der Waals surface area contributed by atoms with Gasteiger partial charge in [0.1, 0.15) is 7.11 Å². The highest BCUT2D eigenvalue weighted by atomic mass is 32.1. The Bertz CT molecular complexity index is 346. The first-order chi connectivity index (χ1) is 6.15. The van der Waals surface area contributed by atoms with Crippen LogP contribution in [-0.2, 0) is 9.63 Å². The molecule has 0 bridgehead atoms. The van der Waals surface area contributed by atoms with Crippen molar-refractivity contribution in [2.75, 3.05) is 12.8 Å². The molecule has 1 rings (SSSR count). The van der Waals surface area contributed by atoms with Crippen molar-refractivity contribution in [2.45, 2.75) is 0 Å². The maximum Gasteiger partial charge on any atom is 0.295 e. The highest BCUT2D eigenvalue weighted by Gasteiger charge is 2.17. The zero-order valence-electron chi connectivity index (χ0n) is 6.64. The van der Waals surface area contributed by atoms with E-state index in [9.17, 15) is 4.79 Å².